The molecule has 0 aromatic heterocycles. The lowest BCUT2D eigenvalue weighted by molar-refractivity contribution is -0.173. The van der Waals surface area contributed by atoms with Crippen LogP contribution in [0.1, 0.15) is 37.3 Å². The Labute approximate surface area is 190 Å². The van der Waals surface area contributed by atoms with Gasteiger partial charge in [-0.25, -0.2) is 4.39 Å². The van der Waals surface area contributed by atoms with Gasteiger partial charge < -0.3 is 14.4 Å². The highest BCUT2D eigenvalue weighted by Gasteiger charge is 2.45. The third kappa shape index (κ3) is 5.30. The van der Waals surface area contributed by atoms with Gasteiger partial charge in [-0.3, -0.25) is 9.69 Å². The first-order valence-corrected chi connectivity index (χ1v) is 11.7. The van der Waals surface area contributed by atoms with E-state index in [1.54, 1.807) is 12.1 Å². The van der Waals surface area contributed by atoms with Gasteiger partial charge in [0, 0.05) is 26.2 Å². The van der Waals surface area contributed by atoms with E-state index in [2.05, 4.69) is 11.0 Å². The molecule has 1 saturated heterocycles. The highest BCUT2D eigenvalue weighted by atomic mass is 19.1. The normalized spacial score (nSPS) is 23.2. The quantitative estimate of drug-likeness (QED) is 0.722. The van der Waals surface area contributed by atoms with Crippen molar-refractivity contribution in [3.05, 3.63) is 65.5 Å². The summed E-state index contributed by atoms with van der Waals surface area (Å²) in [4.78, 5) is 17.8. The van der Waals surface area contributed by atoms with Crippen molar-refractivity contribution in [2.45, 2.75) is 44.8 Å². The summed E-state index contributed by atoms with van der Waals surface area (Å²) in [5.74, 6) is 0.730. The van der Waals surface area contributed by atoms with Crippen LogP contribution in [-0.2, 0) is 22.5 Å². The van der Waals surface area contributed by atoms with E-state index in [1.807, 2.05) is 36.1 Å². The largest absolute Gasteiger partial charge is 0.491 e. The number of ether oxygens (including phenoxy) is 2. The fraction of sp³-hybridized carbons (Fsp3) is 0.500. The van der Waals surface area contributed by atoms with Crippen LogP contribution in [0.4, 0.5) is 4.39 Å². The summed E-state index contributed by atoms with van der Waals surface area (Å²) in [6.07, 6.45) is 3.47. The number of fused-ring (bicyclic) bond motifs is 1. The molecule has 2 heterocycles. The molecular formula is C26H33FN2O3. The zero-order valence-electron chi connectivity index (χ0n) is 18.9. The van der Waals surface area contributed by atoms with E-state index in [0.29, 0.717) is 45.8 Å². The number of nitrogens with zero attached hydrogens (tertiary/aromatic N) is 2. The molecule has 0 radical (unpaired) electrons. The summed E-state index contributed by atoms with van der Waals surface area (Å²) in [6, 6.07) is 14.9. The molecule has 32 heavy (non-hydrogen) atoms. The Morgan fingerprint density at radius 2 is 1.94 bits per heavy atom. The number of benzene rings is 2. The fourth-order valence-electron chi connectivity index (χ4n) is 4.81. The number of amides is 1. The van der Waals surface area contributed by atoms with Crippen LogP contribution in [0.3, 0.4) is 0 Å². The van der Waals surface area contributed by atoms with Crippen LogP contribution in [-0.4, -0.2) is 60.7 Å². The van der Waals surface area contributed by atoms with Crippen LogP contribution >= 0.6 is 0 Å². The lowest BCUT2D eigenvalue weighted by Gasteiger charge is -2.44. The topological polar surface area (TPSA) is 42.0 Å². The summed E-state index contributed by atoms with van der Waals surface area (Å²) in [7, 11) is 0. The molecule has 6 heteroatoms. The third-order valence-electron chi connectivity index (χ3n) is 6.49. The molecular weight excluding hydrogens is 407 g/mol. The molecule has 4 rings (SSSR count). The van der Waals surface area contributed by atoms with Crippen LogP contribution in [0.25, 0.3) is 0 Å². The predicted molar refractivity (Wildman–Crippen MR) is 122 cm³/mol. The average Bonchev–Trinajstić information content (AvgIpc) is 2.79. The third-order valence-corrected chi connectivity index (χ3v) is 6.49. The molecule has 1 amide bonds. The lowest BCUT2D eigenvalue weighted by atomic mass is 9.90. The van der Waals surface area contributed by atoms with Crippen molar-refractivity contribution < 1.29 is 18.7 Å². The second-order valence-corrected chi connectivity index (χ2v) is 8.73. The Hall–Kier alpha value is -2.44. The molecule has 1 atom stereocenters. The minimum Gasteiger partial charge on any atom is -0.491 e. The maximum Gasteiger partial charge on any atom is 0.256 e. The number of aryl methyl sites for hydroxylation is 1. The van der Waals surface area contributed by atoms with Crippen LogP contribution < -0.4 is 4.74 Å². The van der Waals surface area contributed by atoms with Crippen molar-refractivity contribution in [2.24, 2.45) is 0 Å². The van der Waals surface area contributed by atoms with Gasteiger partial charge >= 0.3 is 0 Å². The van der Waals surface area contributed by atoms with E-state index in [1.165, 1.54) is 11.6 Å². The molecule has 5 nitrogen and oxygen atoms in total. The first-order chi connectivity index (χ1) is 15.6. The van der Waals surface area contributed by atoms with E-state index in [0.717, 1.165) is 37.1 Å². The predicted octanol–water partition coefficient (Wildman–Crippen LogP) is 4.05. The number of rotatable bonds is 3. The van der Waals surface area contributed by atoms with Crippen molar-refractivity contribution >= 4 is 5.91 Å². The van der Waals surface area contributed by atoms with E-state index >= 15 is 0 Å². The second-order valence-electron chi connectivity index (χ2n) is 8.73. The minimum atomic E-state index is -0.861. The average molecular weight is 441 g/mol. The lowest BCUT2D eigenvalue weighted by Crippen LogP contribution is -2.60. The van der Waals surface area contributed by atoms with E-state index in [-0.39, 0.29) is 11.7 Å². The number of morpholine rings is 1. The molecule has 2 aliphatic rings. The summed E-state index contributed by atoms with van der Waals surface area (Å²) in [5, 5.41) is 0. The number of hydrogen-bond acceptors (Lipinski definition) is 4. The molecule has 1 spiro atoms. The van der Waals surface area contributed by atoms with Gasteiger partial charge in [0.1, 0.15) is 18.2 Å². The molecule has 0 bridgehead atoms. The van der Waals surface area contributed by atoms with Gasteiger partial charge in [0.25, 0.3) is 5.91 Å². The minimum absolute atomic E-state index is 0.0430. The van der Waals surface area contributed by atoms with Gasteiger partial charge in [0.2, 0.25) is 0 Å². The zero-order valence-corrected chi connectivity index (χ0v) is 18.9. The van der Waals surface area contributed by atoms with Crippen molar-refractivity contribution in [1.29, 1.82) is 0 Å². The molecule has 0 aliphatic carbocycles. The first-order valence-electron chi connectivity index (χ1n) is 11.7. The number of carbonyl (C=O) groups excluding carboxylic acids is 1. The maximum atomic E-state index is 13.7. The molecule has 2 aliphatic heterocycles. The van der Waals surface area contributed by atoms with Gasteiger partial charge in [-0.2, -0.15) is 0 Å². The van der Waals surface area contributed by atoms with Crippen molar-refractivity contribution in [3.8, 4) is 5.75 Å². The van der Waals surface area contributed by atoms with Crippen molar-refractivity contribution in [3.63, 3.8) is 0 Å². The zero-order chi connectivity index (χ0) is 22.4. The number of likely N-dealkylation sites (N-methyl/N-ethyl adjacent to an activating group) is 1. The van der Waals surface area contributed by atoms with Crippen LogP contribution in [0.15, 0.2) is 48.5 Å². The van der Waals surface area contributed by atoms with Gasteiger partial charge in [0.15, 0.2) is 5.60 Å². The smallest absolute Gasteiger partial charge is 0.256 e. The summed E-state index contributed by atoms with van der Waals surface area (Å²) >= 11 is 0. The number of carbonyl (C=O) groups is 1. The Balaban J connectivity index is 1.53. The molecule has 2 aromatic rings. The highest BCUT2D eigenvalue weighted by Crippen LogP contribution is 2.30. The summed E-state index contributed by atoms with van der Waals surface area (Å²) in [6.45, 7) is 5.96. The van der Waals surface area contributed by atoms with Gasteiger partial charge in [-0.05, 0) is 61.9 Å². The molecule has 0 saturated carbocycles. The monoisotopic (exact) mass is 440 g/mol. The Morgan fingerprint density at radius 3 is 2.78 bits per heavy atom. The molecule has 2 aromatic carbocycles. The Morgan fingerprint density at radius 1 is 1.06 bits per heavy atom. The molecule has 1 unspecified atom stereocenters. The SMILES string of the molecule is CCN1CCOc2ccccc2CCCCC2(CN(Cc3cccc(F)c3)CCO2)C1=O. The van der Waals surface area contributed by atoms with Gasteiger partial charge in [-0.1, -0.05) is 30.3 Å². The Bertz CT molecular complexity index is 921. The van der Waals surface area contributed by atoms with E-state index in [9.17, 15) is 9.18 Å². The standard InChI is InChI=1S/C26H33FN2O3/c1-2-29-15-16-31-24-12-4-3-9-22(24)10-5-6-13-26(25(29)30)20-28(14-17-32-26)19-21-8-7-11-23(27)18-21/h3-4,7-9,11-12,18H,2,5-6,10,13-17,19-20H2,1H3. The molecule has 0 N–H and O–H groups in total. The van der Waals surface area contributed by atoms with E-state index < -0.39 is 5.60 Å². The summed E-state index contributed by atoms with van der Waals surface area (Å²) in [5.41, 5.74) is 1.27. The van der Waals surface area contributed by atoms with Gasteiger partial charge in [-0.15, -0.1) is 0 Å². The number of halogens is 1. The number of hydrogen-bond donors (Lipinski definition) is 0. The molecule has 172 valence electrons. The fourth-order valence-corrected chi connectivity index (χ4v) is 4.81. The van der Waals surface area contributed by atoms with Crippen molar-refractivity contribution in [2.75, 3.05) is 39.4 Å². The first kappa shape index (κ1) is 22.7. The summed E-state index contributed by atoms with van der Waals surface area (Å²) < 4.78 is 26.0. The maximum absolute atomic E-state index is 13.7. The van der Waals surface area contributed by atoms with Crippen LogP contribution in [0, 0.1) is 5.82 Å². The molecule has 1 fully saturated rings. The van der Waals surface area contributed by atoms with E-state index in [4.69, 9.17) is 9.47 Å². The second kappa shape index (κ2) is 10.5. The Kier molecular flexibility index (Phi) is 7.43. The van der Waals surface area contributed by atoms with Crippen LogP contribution in [0.2, 0.25) is 0 Å². The highest BCUT2D eigenvalue weighted by molar-refractivity contribution is 5.85. The number of para-hydroxylation sites is 1. The van der Waals surface area contributed by atoms with Crippen LogP contribution in [0.5, 0.6) is 5.75 Å². The van der Waals surface area contributed by atoms with Gasteiger partial charge in [0.05, 0.1) is 13.2 Å². The van der Waals surface area contributed by atoms with Crippen molar-refractivity contribution in [1.82, 2.24) is 9.80 Å².